The van der Waals surface area contributed by atoms with E-state index >= 15 is 0 Å². The van der Waals surface area contributed by atoms with Crippen LogP contribution in [0, 0.1) is 0 Å². The number of likely N-dealkylation sites (tertiary alicyclic amines) is 1. The third-order valence-electron chi connectivity index (χ3n) is 6.06. The molecule has 1 aromatic carbocycles. The summed E-state index contributed by atoms with van der Waals surface area (Å²) in [5, 5.41) is 0. The zero-order chi connectivity index (χ0) is 22.1. The number of amides is 1. The van der Waals surface area contributed by atoms with Crippen LogP contribution in [0.2, 0.25) is 0 Å². The number of benzene rings is 1. The molecule has 1 atom stereocenters. The van der Waals surface area contributed by atoms with Crippen LogP contribution in [0.5, 0.6) is 0 Å². The second-order valence-electron chi connectivity index (χ2n) is 8.51. The summed E-state index contributed by atoms with van der Waals surface area (Å²) in [6.45, 7) is 8.22. The zero-order valence-electron chi connectivity index (χ0n) is 19.1. The Balaban J connectivity index is 1.81. The topological polar surface area (TPSA) is 60.9 Å². The minimum Gasteiger partial charge on any atom is -0.343 e. The van der Waals surface area contributed by atoms with Crippen molar-refractivity contribution in [3.8, 4) is 0 Å². The maximum Gasteiger partial charge on any atom is 0.242 e. The van der Waals surface area contributed by atoms with Crippen molar-refractivity contribution in [3.63, 3.8) is 0 Å². The SMILES string of the molecule is CCN(CCCCN1CCCCCC1=O)C(C)Cc1ccc(S(=O)(=O)N(C)C)cc1. The molecule has 0 radical (unpaired) electrons. The van der Waals surface area contributed by atoms with Gasteiger partial charge in [0.15, 0.2) is 0 Å². The second-order valence-corrected chi connectivity index (χ2v) is 10.7. The van der Waals surface area contributed by atoms with E-state index in [1.54, 1.807) is 26.2 Å². The molecule has 0 saturated carbocycles. The first kappa shape index (κ1) is 24.8. The average molecular weight is 438 g/mol. The van der Waals surface area contributed by atoms with Gasteiger partial charge in [-0.2, -0.15) is 0 Å². The van der Waals surface area contributed by atoms with Gasteiger partial charge in [0.2, 0.25) is 15.9 Å². The van der Waals surface area contributed by atoms with E-state index in [0.717, 1.165) is 63.8 Å². The third kappa shape index (κ3) is 7.06. The summed E-state index contributed by atoms with van der Waals surface area (Å²) in [6.07, 6.45) is 7.09. The maximum atomic E-state index is 12.2. The van der Waals surface area contributed by atoms with Crippen molar-refractivity contribution in [2.75, 3.05) is 40.3 Å². The molecule has 1 aliphatic rings. The van der Waals surface area contributed by atoms with E-state index in [1.165, 1.54) is 10.7 Å². The summed E-state index contributed by atoms with van der Waals surface area (Å²) in [7, 11) is -0.281. The highest BCUT2D eigenvalue weighted by atomic mass is 32.2. The first-order valence-electron chi connectivity index (χ1n) is 11.3. The van der Waals surface area contributed by atoms with Gasteiger partial charge in [-0.25, -0.2) is 12.7 Å². The van der Waals surface area contributed by atoms with E-state index in [-0.39, 0.29) is 0 Å². The molecular formula is C23H39N3O3S. The second kappa shape index (κ2) is 11.8. The smallest absolute Gasteiger partial charge is 0.242 e. The van der Waals surface area contributed by atoms with Crippen LogP contribution in [0.4, 0.5) is 0 Å². The van der Waals surface area contributed by atoms with E-state index in [2.05, 4.69) is 23.6 Å². The lowest BCUT2D eigenvalue weighted by Crippen LogP contribution is -2.36. The van der Waals surface area contributed by atoms with Crippen LogP contribution < -0.4 is 0 Å². The van der Waals surface area contributed by atoms with Gasteiger partial charge in [-0.3, -0.25) is 4.79 Å². The Kier molecular flexibility index (Phi) is 9.78. The van der Waals surface area contributed by atoms with Crippen LogP contribution in [0.1, 0.15) is 57.9 Å². The van der Waals surface area contributed by atoms with E-state index in [9.17, 15) is 13.2 Å². The first-order chi connectivity index (χ1) is 14.3. The van der Waals surface area contributed by atoms with E-state index in [4.69, 9.17) is 0 Å². The van der Waals surface area contributed by atoms with Gasteiger partial charge in [-0.1, -0.05) is 25.5 Å². The van der Waals surface area contributed by atoms with Crippen molar-refractivity contribution in [1.29, 1.82) is 0 Å². The first-order valence-corrected chi connectivity index (χ1v) is 12.7. The summed E-state index contributed by atoms with van der Waals surface area (Å²) in [5.41, 5.74) is 1.15. The normalized spacial score (nSPS) is 16.9. The van der Waals surface area contributed by atoms with Crippen molar-refractivity contribution in [1.82, 2.24) is 14.1 Å². The molecule has 0 aromatic heterocycles. The third-order valence-corrected chi connectivity index (χ3v) is 7.89. The number of nitrogens with zero attached hydrogens (tertiary/aromatic N) is 3. The number of carbonyl (C=O) groups is 1. The standard InChI is InChI=1S/C23H39N3O3S/c1-5-25(16-9-10-18-26-17-8-6-7-11-23(26)27)20(2)19-21-12-14-22(15-13-21)30(28,29)24(3)4/h12-15,20H,5-11,16-19H2,1-4H3. The average Bonchev–Trinajstić information content (AvgIpc) is 2.92. The van der Waals surface area contributed by atoms with E-state index < -0.39 is 10.0 Å². The van der Waals surface area contributed by atoms with Crippen LogP contribution in [0.3, 0.4) is 0 Å². The molecule has 30 heavy (non-hydrogen) atoms. The predicted molar refractivity (Wildman–Crippen MR) is 122 cm³/mol. The molecule has 6 nitrogen and oxygen atoms in total. The fourth-order valence-electron chi connectivity index (χ4n) is 4.06. The van der Waals surface area contributed by atoms with Gasteiger partial charge in [0.1, 0.15) is 0 Å². The van der Waals surface area contributed by atoms with Crippen LogP contribution in [-0.2, 0) is 21.2 Å². The Labute approximate surface area is 183 Å². The number of carbonyl (C=O) groups excluding carboxylic acids is 1. The number of likely N-dealkylation sites (N-methyl/N-ethyl adjacent to an activating group) is 1. The summed E-state index contributed by atoms with van der Waals surface area (Å²) in [4.78, 5) is 17.0. The number of hydrogen-bond acceptors (Lipinski definition) is 4. The molecule has 0 aliphatic carbocycles. The van der Waals surface area contributed by atoms with Crippen LogP contribution in [0.25, 0.3) is 0 Å². The molecule has 1 saturated heterocycles. The van der Waals surface area contributed by atoms with Crippen LogP contribution >= 0.6 is 0 Å². The Morgan fingerprint density at radius 1 is 1.07 bits per heavy atom. The fourth-order valence-corrected chi connectivity index (χ4v) is 4.96. The van der Waals surface area contributed by atoms with Gasteiger partial charge in [-0.05, 0) is 69.8 Å². The lowest BCUT2D eigenvalue weighted by Gasteiger charge is -2.28. The van der Waals surface area contributed by atoms with Crippen LogP contribution in [0.15, 0.2) is 29.2 Å². The van der Waals surface area contributed by atoms with Crippen LogP contribution in [-0.4, -0.2) is 74.7 Å². The molecule has 0 N–H and O–H groups in total. The Morgan fingerprint density at radius 3 is 2.40 bits per heavy atom. The summed E-state index contributed by atoms with van der Waals surface area (Å²) in [6, 6.07) is 7.63. The van der Waals surface area contributed by atoms with Crippen molar-refractivity contribution >= 4 is 15.9 Å². The molecule has 1 amide bonds. The van der Waals surface area contributed by atoms with Gasteiger partial charge in [0.25, 0.3) is 0 Å². The van der Waals surface area contributed by atoms with Gasteiger partial charge in [0, 0.05) is 39.6 Å². The summed E-state index contributed by atoms with van der Waals surface area (Å²) in [5.74, 6) is 0.327. The zero-order valence-corrected chi connectivity index (χ0v) is 20.0. The fraction of sp³-hybridized carbons (Fsp3) is 0.696. The quantitative estimate of drug-likeness (QED) is 0.498. The molecule has 2 rings (SSSR count). The molecule has 1 unspecified atom stereocenters. The Morgan fingerprint density at radius 2 is 1.77 bits per heavy atom. The highest BCUT2D eigenvalue weighted by Crippen LogP contribution is 2.17. The number of rotatable bonds is 11. The number of sulfonamides is 1. The minimum atomic E-state index is -3.38. The summed E-state index contributed by atoms with van der Waals surface area (Å²) >= 11 is 0. The predicted octanol–water partition coefficient (Wildman–Crippen LogP) is 3.37. The molecule has 170 valence electrons. The molecule has 1 aromatic rings. The van der Waals surface area contributed by atoms with Gasteiger partial charge < -0.3 is 9.80 Å². The highest BCUT2D eigenvalue weighted by molar-refractivity contribution is 7.89. The van der Waals surface area contributed by atoms with Crippen molar-refractivity contribution in [2.45, 2.75) is 69.7 Å². The van der Waals surface area contributed by atoms with E-state index in [0.29, 0.717) is 23.3 Å². The summed E-state index contributed by atoms with van der Waals surface area (Å²) < 4.78 is 25.7. The lowest BCUT2D eigenvalue weighted by atomic mass is 10.1. The van der Waals surface area contributed by atoms with Crippen molar-refractivity contribution in [3.05, 3.63) is 29.8 Å². The van der Waals surface area contributed by atoms with Crippen molar-refractivity contribution in [2.24, 2.45) is 0 Å². The molecule has 0 bridgehead atoms. The monoisotopic (exact) mass is 437 g/mol. The largest absolute Gasteiger partial charge is 0.343 e. The molecule has 7 heteroatoms. The highest BCUT2D eigenvalue weighted by Gasteiger charge is 2.18. The number of unbranched alkanes of at least 4 members (excludes halogenated alkanes) is 1. The molecule has 1 aliphatic heterocycles. The van der Waals surface area contributed by atoms with Gasteiger partial charge in [-0.15, -0.1) is 0 Å². The van der Waals surface area contributed by atoms with E-state index in [1.807, 2.05) is 12.1 Å². The molecule has 0 spiro atoms. The van der Waals surface area contributed by atoms with Gasteiger partial charge in [0.05, 0.1) is 4.90 Å². The Bertz CT molecular complexity index is 762. The Hall–Kier alpha value is -1.44. The maximum absolute atomic E-state index is 12.2. The minimum absolute atomic E-state index is 0.327. The molecule has 1 fully saturated rings. The molecule has 1 heterocycles. The van der Waals surface area contributed by atoms with Crippen molar-refractivity contribution < 1.29 is 13.2 Å². The number of hydrogen-bond donors (Lipinski definition) is 0. The lowest BCUT2D eigenvalue weighted by molar-refractivity contribution is -0.130. The molecular weight excluding hydrogens is 398 g/mol. The van der Waals surface area contributed by atoms with Gasteiger partial charge >= 0.3 is 0 Å².